The third-order valence-corrected chi connectivity index (χ3v) is 6.49. The number of hydrogen-bond donors (Lipinski definition) is 0. The number of nitrogens with zero attached hydrogens (tertiary/aromatic N) is 4. The molecule has 0 spiro atoms. The molecule has 0 atom stereocenters. The van der Waals surface area contributed by atoms with Gasteiger partial charge in [-0.2, -0.15) is 9.40 Å². The first-order chi connectivity index (χ1) is 12.1. The van der Waals surface area contributed by atoms with Crippen LogP contribution in [0.1, 0.15) is 16.8 Å². The summed E-state index contributed by atoms with van der Waals surface area (Å²) in [5, 5.41) is 4.24. The topological polar surface area (TPSA) is 68.1 Å². The van der Waals surface area contributed by atoms with Crippen LogP contribution in [-0.2, 0) is 23.0 Å². The van der Waals surface area contributed by atoms with Gasteiger partial charge < -0.3 is 0 Å². The molecule has 0 radical (unpaired) electrons. The van der Waals surface area contributed by atoms with Crippen molar-refractivity contribution >= 4 is 10.0 Å². The zero-order chi connectivity index (χ0) is 17.4. The molecule has 7 heteroatoms. The van der Waals surface area contributed by atoms with Crippen molar-refractivity contribution in [1.82, 2.24) is 19.1 Å². The maximum Gasteiger partial charge on any atom is 0.246 e. The first kappa shape index (κ1) is 16.0. The lowest BCUT2D eigenvalue weighted by Crippen LogP contribution is -2.36. The van der Waals surface area contributed by atoms with Crippen LogP contribution in [0.15, 0.2) is 59.8 Å². The van der Waals surface area contributed by atoms with Gasteiger partial charge in [0, 0.05) is 19.3 Å². The average Bonchev–Trinajstić information content (AvgIpc) is 3.04. The van der Waals surface area contributed by atoms with E-state index in [9.17, 15) is 8.42 Å². The first-order valence-corrected chi connectivity index (χ1v) is 9.54. The lowest BCUT2D eigenvalue weighted by atomic mass is 10.0. The molecule has 25 heavy (non-hydrogen) atoms. The molecular formula is C18H18N4O2S. The first-order valence-electron chi connectivity index (χ1n) is 8.10. The van der Waals surface area contributed by atoms with E-state index in [0.717, 1.165) is 12.0 Å². The number of benzene rings is 1. The van der Waals surface area contributed by atoms with Gasteiger partial charge >= 0.3 is 0 Å². The van der Waals surface area contributed by atoms with Gasteiger partial charge in [-0.15, -0.1) is 0 Å². The Kier molecular flexibility index (Phi) is 3.89. The Hall–Kier alpha value is -2.51. The van der Waals surface area contributed by atoms with Crippen LogP contribution in [0.2, 0.25) is 0 Å². The maximum absolute atomic E-state index is 13.1. The summed E-state index contributed by atoms with van der Waals surface area (Å²) in [6.45, 7) is 2.63. The van der Waals surface area contributed by atoms with E-state index in [1.165, 1.54) is 16.1 Å². The van der Waals surface area contributed by atoms with E-state index in [2.05, 4.69) is 16.1 Å². The van der Waals surface area contributed by atoms with Gasteiger partial charge in [0.1, 0.15) is 4.90 Å². The van der Waals surface area contributed by atoms with E-state index in [1.54, 1.807) is 23.9 Å². The summed E-state index contributed by atoms with van der Waals surface area (Å²) in [6, 6.07) is 13.4. The predicted molar refractivity (Wildman–Crippen MR) is 93.8 cm³/mol. The largest absolute Gasteiger partial charge is 0.246 e. The Labute approximate surface area is 146 Å². The van der Waals surface area contributed by atoms with E-state index in [4.69, 9.17) is 0 Å². The van der Waals surface area contributed by atoms with E-state index >= 15 is 0 Å². The van der Waals surface area contributed by atoms with Crippen molar-refractivity contribution in [3.63, 3.8) is 0 Å². The molecule has 0 bridgehead atoms. The molecule has 0 amide bonds. The molecule has 0 aliphatic carbocycles. The van der Waals surface area contributed by atoms with Crippen molar-refractivity contribution in [3.05, 3.63) is 71.7 Å². The highest BCUT2D eigenvalue weighted by atomic mass is 32.2. The highest BCUT2D eigenvalue weighted by molar-refractivity contribution is 7.89. The molecule has 1 aliphatic rings. The number of hydrogen-bond acceptors (Lipinski definition) is 4. The number of fused-ring (bicyclic) bond motifs is 1. The predicted octanol–water partition coefficient (Wildman–Crippen LogP) is 2.32. The summed E-state index contributed by atoms with van der Waals surface area (Å²) in [5.41, 5.74) is 2.85. The molecule has 6 nitrogen and oxygen atoms in total. The molecule has 1 aromatic carbocycles. The van der Waals surface area contributed by atoms with Crippen LogP contribution < -0.4 is 0 Å². The van der Waals surface area contributed by atoms with Crippen LogP contribution in [-0.4, -0.2) is 34.0 Å². The summed E-state index contributed by atoms with van der Waals surface area (Å²) in [7, 11) is -3.60. The Morgan fingerprint density at radius 1 is 1.04 bits per heavy atom. The van der Waals surface area contributed by atoms with Gasteiger partial charge in [0.2, 0.25) is 10.0 Å². The number of pyridine rings is 1. The molecule has 1 aliphatic heterocycles. The fraction of sp³-hybridized carbons (Fsp3) is 0.222. The number of aromatic nitrogens is 3. The monoisotopic (exact) mass is 354 g/mol. The van der Waals surface area contributed by atoms with Crippen LogP contribution in [0.4, 0.5) is 0 Å². The van der Waals surface area contributed by atoms with Crippen molar-refractivity contribution < 1.29 is 8.42 Å². The smallest absolute Gasteiger partial charge is 0.237 e. The molecular weight excluding hydrogens is 336 g/mol. The van der Waals surface area contributed by atoms with Crippen molar-refractivity contribution in [3.8, 4) is 5.82 Å². The molecule has 0 N–H and O–H groups in total. The fourth-order valence-electron chi connectivity index (χ4n) is 3.17. The average molecular weight is 354 g/mol. The van der Waals surface area contributed by atoms with E-state index in [-0.39, 0.29) is 4.90 Å². The highest BCUT2D eigenvalue weighted by Crippen LogP contribution is 2.27. The van der Waals surface area contributed by atoms with Crippen molar-refractivity contribution in [1.29, 1.82) is 0 Å². The standard InChI is InChI=1S/C18H18N4O2S/c1-14-17(12-20-22(14)18-8-4-5-10-19-18)25(23,24)21-11-9-15-6-2-3-7-16(15)13-21/h2-8,10,12H,9,11,13H2,1H3. The van der Waals surface area contributed by atoms with Gasteiger partial charge in [-0.05, 0) is 36.6 Å². The molecule has 3 heterocycles. The molecule has 128 valence electrons. The van der Waals surface area contributed by atoms with E-state index < -0.39 is 10.0 Å². The molecule has 3 aromatic rings. The third-order valence-electron chi connectivity index (χ3n) is 4.54. The fourth-order valence-corrected chi connectivity index (χ4v) is 4.73. The molecule has 4 rings (SSSR count). The second-order valence-corrected chi connectivity index (χ2v) is 7.96. The number of sulfonamides is 1. The molecule has 2 aromatic heterocycles. The van der Waals surface area contributed by atoms with Gasteiger partial charge in [0.05, 0.1) is 11.9 Å². The maximum atomic E-state index is 13.1. The highest BCUT2D eigenvalue weighted by Gasteiger charge is 2.31. The van der Waals surface area contributed by atoms with E-state index in [1.807, 2.05) is 30.3 Å². The minimum absolute atomic E-state index is 0.234. The second kappa shape index (κ2) is 6.09. The van der Waals surface area contributed by atoms with Gasteiger partial charge in [0.15, 0.2) is 5.82 Å². The van der Waals surface area contributed by atoms with Crippen LogP contribution in [0.25, 0.3) is 5.82 Å². The summed E-state index contributed by atoms with van der Waals surface area (Å²) in [5.74, 6) is 0.602. The zero-order valence-corrected chi connectivity index (χ0v) is 14.6. The molecule has 0 saturated carbocycles. The van der Waals surface area contributed by atoms with Crippen molar-refractivity contribution in [2.24, 2.45) is 0 Å². The van der Waals surface area contributed by atoms with Gasteiger partial charge in [-0.25, -0.2) is 18.1 Å². The van der Waals surface area contributed by atoms with Crippen molar-refractivity contribution in [2.45, 2.75) is 24.8 Å². The molecule has 0 saturated heterocycles. The second-order valence-electron chi connectivity index (χ2n) is 6.05. The SMILES string of the molecule is Cc1c(S(=O)(=O)N2CCc3ccccc3C2)cnn1-c1ccccn1. The van der Waals surface area contributed by atoms with Crippen molar-refractivity contribution in [2.75, 3.05) is 6.54 Å². The molecule has 0 fully saturated rings. The van der Waals surface area contributed by atoms with Gasteiger partial charge in [0.25, 0.3) is 0 Å². The van der Waals surface area contributed by atoms with Crippen LogP contribution >= 0.6 is 0 Å². The zero-order valence-electron chi connectivity index (χ0n) is 13.8. The lowest BCUT2D eigenvalue weighted by molar-refractivity contribution is 0.391. The minimum atomic E-state index is -3.60. The Morgan fingerprint density at radius 3 is 2.56 bits per heavy atom. The number of rotatable bonds is 3. The van der Waals surface area contributed by atoms with Gasteiger partial charge in [-0.3, -0.25) is 0 Å². The lowest BCUT2D eigenvalue weighted by Gasteiger charge is -2.27. The normalized spacial score (nSPS) is 15.1. The minimum Gasteiger partial charge on any atom is -0.237 e. The summed E-state index contributed by atoms with van der Waals surface area (Å²) in [6.07, 6.45) is 3.80. The van der Waals surface area contributed by atoms with E-state index in [0.29, 0.717) is 24.6 Å². The summed E-state index contributed by atoms with van der Waals surface area (Å²) < 4.78 is 29.3. The molecule has 0 unspecified atom stereocenters. The Bertz CT molecular complexity index is 1010. The van der Waals surface area contributed by atoms with Crippen LogP contribution in [0, 0.1) is 6.92 Å². The van der Waals surface area contributed by atoms with Gasteiger partial charge in [-0.1, -0.05) is 30.3 Å². The third kappa shape index (κ3) is 2.75. The Balaban J connectivity index is 1.69. The van der Waals surface area contributed by atoms with Crippen LogP contribution in [0.5, 0.6) is 0 Å². The Morgan fingerprint density at radius 2 is 1.80 bits per heavy atom. The quantitative estimate of drug-likeness (QED) is 0.724. The van der Waals surface area contributed by atoms with Crippen LogP contribution in [0.3, 0.4) is 0 Å². The summed E-state index contributed by atoms with van der Waals surface area (Å²) >= 11 is 0. The summed E-state index contributed by atoms with van der Waals surface area (Å²) in [4.78, 5) is 4.47.